The lowest BCUT2D eigenvalue weighted by Gasteiger charge is -2.12. The highest BCUT2D eigenvalue weighted by Gasteiger charge is 2.06. The minimum Gasteiger partial charge on any atom is -0.508 e. The standard InChI is InChI=1S/C12H16N4O2/c1-9(5-6-12-13-15-16-14-12)8-18-11-4-2-3-10(17)7-11/h2-4,7,9,17H,5-6,8H2,1H3,(H,13,14,15,16). The van der Waals surface area contributed by atoms with Gasteiger partial charge in [-0.2, -0.15) is 5.21 Å². The Hall–Kier alpha value is -2.11. The van der Waals surface area contributed by atoms with Gasteiger partial charge in [0.25, 0.3) is 0 Å². The highest BCUT2D eigenvalue weighted by molar-refractivity contribution is 5.31. The van der Waals surface area contributed by atoms with Crippen molar-refractivity contribution in [2.24, 2.45) is 5.92 Å². The van der Waals surface area contributed by atoms with Crippen LogP contribution in [0.15, 0.2) is 24.3 Å². The van der Waals surface area contributed by atoms with Crippen LogP contribution in [0.3, 0.4) is 0 Å². The molecule has 1 heterocycles. The van der Waals surface area contributed by atoms with Crippen molar-refractivity contribution in [3.05, 3.63) is 30.1 Å². The number of nitrogens with zero attached hydrogens (tertiary/aromatic N) is 3. The molecule has 2 N–H and O–H groups in total. The summed E-state index contributed by atoms with van der Waals surface area (Å²) in [6.07, 6.45) is 1.71. The van der Waals surface area contributed by atoms with E-state index in [0.29, 0.717) is 18.3 Å². The van der Waals surface area contributed by atoms with Crippen LogP contribution in [-0.2, 0) is 6.42 Å². The van der Waals surface area contributed by atoms with Crippen molar-refractivity contribution >= 4 is 0 Å². The van der Waals surface area contributed by atoms with Crippen LogP contribution in [0.25, 0.3) is 0 Å². The molecule has 2 aromatic rings. The van der Waals surface area contributed by atoms with E-state index in [1.165, 1.54) is 0 Å². The molecule has 1 aromatic heterocycles. The summed E-state index contributed by atoms with van der Waals surface area (Å²) in [5.74, 6) is 2.00. The number of phenols is 1. The molecule has 0 saturated heterocycles. The fourth-order valence-corrected chi connectivity index (χ4v) is 1.56. The van der Waals surface area contributed by atoms with Gasteiger partial charge in [0.1, 0.15) is 11.5 Å². The Morgan fingerprint density at radius 3 is 3.06 bits per heavy atom. The van der Waals surface area contributed by atoms with Crippen LogP contribution in [0.1, 0.15) is 19.2 Å². The van der Waals surface area contributed by atoms with E-state index >= 15 is 0 Å². The zero-order valence-electron chi connectivity index (χ0n) is 10.2. The van der Waals surface area contributed by atoms with Crippen molar-refractivity contribution < 1.29 is 9.84 Å². The van der Waals surface area contributed by atoms with Crippen LogP contribution in [0.4, 0.5) is 0 Å². The molecule has 0 aliphatic carbocycles. The van der Waals surface area contributed by atoms with Crippen LogP contribution >= 0.6 is 0 Å². The van der Waals surface area contributed by atoms with Crippen molar-refractivity contribution in [3.63, 3.8) is 0 Å². The molecule has 6 heteroatoms. The van der Waals surface area contributed by atoms with Gasteiger partial charge in [-0.1, -0.05) is 18.2 Å². The minimum atomic E-state index is 0.215. The first-order valence-corrected chi connectivity index (χ1v) is 5.88. The monoisotopic (exact) mass is 248 g/mol. The molecule has 0 radical (unpaired) electrons. The van der Waals surface area contributed by atoms with Crippen LogP contribution in [0, 0.1) is 5.92 Å². The van der Waals surface area contributed by atoms with Gasteiger partial charge in [-0.05, 0) is 24.5 Å². The molecule has 96 valence electrons. The lowest BCUT2D eigenvalue weighted by molar-refractivity contribution is 0.251. The van der Waals surface area contributed by atoms with Gasteiger partial charge in [-0.25, -0.2) is 0 Å². The molecule has 0 spiro atoms. The highest BCUT2D eigenvalue weighted by atomic mass is 16.5. The molecule has 0 aliphatic rings. The quantitative estimate of drug-likeness (QED) is 0.810. The van der Waals surface area contributed by atoms with E-state index in [-0.39, 0.29) is 5.75 Å². The van der Waals surface area contributed by atoms with E-state index < -0.39 is 0 Å². The van der Waals surface area contributed by atoms with E-state index in [9.17, 15) is 5.11 Å². The normalized spacial score (nSPS) is 12.3. The van der Waals surface area contributed by atoms with Crippen molar-refractivity contribution in [3.8, 4) is 11.5 Å². The Bertz CT molecular complexity index is 473. The summed E-state index contributed by atoms with van der Waals surface area (Å²) in [7, 11) is 0. The third-order valence-electron chi connectivity index (χ3n) is 2.60. The molecule has 2 rings (SSSR count). The average molecular weight is 248 g/mol. The Kier molecular flexibility index (Phi) is 4.11. The predicted molar refractivity (Wildman–Crippen MR) is 65.3 cm³/mol. The SMILES string of the molecule is CC(CCc1nn[nH]n1)COc1cccc(O)c1. The number of aromatic hydroxyl groups is 1. The maximum atomic E-state index is 9.30. The minimum absolute atomic E-state index is 0.215. The molecular weight excluding hydrogens is 232 g/mol. The van der Waals surface area contributed by atoms with Crippen molar-refractivity contribution in [1.29, 1.82) is 0 Å². The van der Waals surface area contributed by atoms with Crippen LogP contribution < -0.4 is 4.74 Å². The number of rotatable bonds is 6. The number of hydrogen-bond acceptors (Lipinski definition) is 5. The molecule has 0 aliphatic heterocycles. The van der Waals surface area contributed by atoms with E-state index in [1.807, 2.05) is 6.07 Å². The number of hydrogen-bond donors (Lipinski definition) is 2. The zero-order chi connectivity index (χ0) is 12.8. The molecule has 6 nitrogen and oxygen atoms in total. The van der Waals surface area contributed by atoms with Crippen LogP contribution in [0.5, 0.6) is 11.5 Å². The van der Waals surface area contributed by atoms with Crippen molar-refractivity contribution in [2.75, 3.05) is 6.61 Å². The van der Waals surface area contributed by atoms with Gasteiger partial charge in [-0.15, -0.1) is 10.2 Å². The summed E-state index contributed by atoms with van der Waals surface area (Å²) in [4.78, 5) is 0. The third kappa shape index (κ3) is 3.73. The van der Waals surface area contributed by atoms with Crippen molar-refractivity contribution in [1.82, 2.24) is 20.6 Å². The van der Waals surface area contributed by atoms with Gasteiger partial charge < -0.3 is 9.84 Å². The number of tetrazole rings is 1. The van der Waals surface area contributed by atoms with Gasteiger partial charge in [0.2, 0.25) is 0 Å². The molecule has 0 fully saturated rings. The van der Waals surface area contributed by atoms with Gasteiger partial charge in [0.15, 0.2) is 5.82 Å². The van der Waals surface area contributed by atoms with Gasteiger partial charge in [0.05, 0.1) is 6.61 Å². The highest BCUT2D eigenvalue weighted by Crippen LogP contribution is 2.18. The molecule has 1 unspecified atom stereocenters. The fraction of sp³-hybridized carbons (Fsp3) is 0.417. The van der Waals surface area contributed by atoms with E-state index in [1.54, 1.807) is 18.2 Å². The maximum absolute atomic E-state index is 9.30. The van der Waals surface area contributed by atoms with E-state index in [2.05, 4.69) is 27.5 Å². The molecule has 0 bridgehead atoms. The number of ether oxygens (including phenoxy) is 1. The lowest BCUT2D eigenvalue weighted by Crippen LogP contribution is -2.10. The second-order valence-electron chi connectivity index (χ2n) is 4.28. The Morgan fingerprint density at radius 2 is 2.33 bits per heavy atom. The number of phenolic OH excluding ortho intramolecular Hbond substituents is 1. The Morgan fingerprint density at radius 1 is 1.44 bits per heavy atom. The molecule has 1 atom stereocenters. The maximum Gasteiger partial charge on any atom is 0.174 e. The molecule has 1 aromatic carbocycles. The van der Waals surface area contributed by atoms with Gasteiger partial charge >= 0.3 is 0 Å². The summed E-state index contributed by atoms with van der Waals surface area (Å²) < 4.78 is 5.59. The van der Waals surface area contributed by atoms with Crippen LogP contribution in [0.2, 0.25) is 0 Å². The number of aromatic nitrogens is 4. The largest absolute Gasteiger partial charge is 0.508 e. The van der Waals surface area contributed by atoms with Crippen LogP contribution in [-0.4, -0.2) is 32.3 Å². The second kappa shape index (κ2) is 6.00. The van der Waals surface area contributed by atoms with E-state index in [0.717, 1.165) is 18.7 Å². The first-order valence-electron chi connectivity index (χ1n) is 5.88. The topological polar surface area (TPSA) is 83.9 Å². The summed E-state index contributed by atoms with van der Waals surface area (Å²) in [5, 5.41) is 23.0. The average Bonchev–Trinajstić information content (AvgIpc) is 2.87. The first-order chi connectivity index (χ1) is 8.74. The van der Waals surface area contributed by atoms with E-state index in [4.69, 9.17) is 4.74 Å². The molecule has 0 saturated carbocycles. The summed E-state index contributed by atoms with van der Waals surface area (Å²) >= 11 is 0. The predicted octanol–water partition coefficient (Wildman–Crippen LogP) is 1.55. The number of H-pyrrole nitrogens is 1. The van der Waals surface area contributed by atoms with Gasteiger partial charge in [-0.3, -0.25) is 0 Å². The fourth-order valence-electron chi connectivity index (χ4n) is 1.56. The Balaban J connectivity index is 1.73. The lowest BCUT2D eigenvalue weighted by atomic mass is 10.1. The summed E-state index contributed by atoms with van der Waals surface area (Å²) in [6, 6.07) is 6.80. The summed E-state index contributed by atoms with van der Waals surface area (Å²) in [6.45, 7) is 2.70. The molecule has 0 amide bonds. The second-order valence-corrected chi connectivity index (χ2v) is 4.28. The number of benzene rings is 1. The first kappa shape index (κ1) is 12.3. The summed E-state index contributed by atoms with van der Waals surface area (Å²) in [5.41, 5.74) is 0. The number of aryl methyl sites for hydroxylation is 1. The third-order valence-corrected chi connectivity index (χ3v) is 2.60. The zero-order valence-corrected chi connectivity index (χ0v) is 10.2. The van der Waals surface area contributed by atoms with Gasteiger partial charge in [0, 0.05) is 12.5 Å². The smallest absolute Gasteiger partial charge is 0.174 e. The molecular formula is C12H16N4O2. The number of aromatic amines is 1. The van der Waals surface area contributed by atoms with Crippen molar-refractivity contribution in [2.45, 2.75) is 19.8 Å². The molecule has 18 heavy (non-hydrogen) atoms. The number of nitrogens with one attached hydrogen (secondary N) is 1. The Labute approximate surface area is 105 Å².